The minimum atomic E-state index is -0.545. The summed E-state index contributed by atoms with van der Waals surface area (Å²) in [7, 11) is 0. The molecule has 5 heteroatoms. The minimum absolute atomic E-state index is 0.118. The predicted molar refractivity (Wildman–Crippen MR) is 82.0 cm³/mol. The molecule has 1 heterocycles. The first-order chi connectivity index (χ1) is 10.0. The molecular weight excluding hydrogens is 266 g/mol. The minimum Gasteiger partial charge on any atom is -0.465 e. The average Bonchev–Trinajstić information content (AvgIpc) is 3.16. The molecule has 0 amide bonds. The molecule has 1 fully saturated rings. The standard InChI is InChI=1S/C16H27N3O2/c1-4-21-15(20)16(3,18-14-7-8-14)10-5-6-12-19-13(2)9-11-17-19/h9,11,14,18H,4-8,10,12H2,1-3H3. The van der Waals surface area contributed by atoms with E-state index in [1.807, 2.05) is 30.8 Å². The summed E-state index contributed by atoms with van der Waals surface area (Å²) in [4.78, 5) is 12.2. The SMILES string of the molecule is CCOC(=O)C(C)(CCCCn1nccc1C)NC1CC1. The molecule has 1 aromatic heterocycles. The zero-order chi connectivity index (χ0) is 15.3. The first kappa shape index (κ1) is 16.0. The number of unbranched alkanes of at least 4 members (excludes halogenated alkanes) is 1. The molecule has 1 unspecified atom stereocenters. The fourth-order valence-corrected chi connectivity index (χ4v) is 2.57. The van der Waals surface area contributed by atoms with E-state index in [-0.39, 0.29) is 5.97 Å². The number of nitrogens with one attached hydrogen (secondary N) is 1. The third kappa shape index (κ3) is 4.56. The maximum absolute atomic E-state index is 12.2. The second kappa shape index (κ2) is 7.07. The molecule has 0 spiro atoms. The van der Waals surface area contributed by atoms with Gasteiger partial charge in [-0.05, 0) is 58.9 Å². The van der Waals surface area contributed by atoms with Crippen molar-refractivity contribution in [3.63, 3.8) is 0 Å². The molecule has 0 aromatic carbocycles. The number of aryl methyl sites for hydroxylation is 2. The van der Waals surface area contributed by atoms with Crippen molar-refractivity contribution in [2.45, 2.75) is 71.0 Å². The van der Waals surface area contributed by atoms with Gasteiger partial charge in [0.05, 0.1) is 6.61 Å². The molecule has 21 heavy (non-hydrogen) atoms. The molecule has 2 rings (SSSR count). The number of nitrogens with zero attached hydrogens (tertiary/aromatic N) is 2. The van der Waals surface area contributed by atoms with Crippen molar-refractivity contribution in [1.29, 1.82) is 0 Å². The summed E-state index contributed by atoms with van der Waals surface area (Å²) in [6.45, 7) is 7.23. The summed E-state index contributed by atoms with van der Waals surface area (Å²) >= 11 is 0. The van der Waals surface area contributed by atoms with Gasteiger partial charge in [-0.1, -0.05) is 0 Å². The third-order valence-electron chi connectivity index (χ3n) is 4.05. The lowest BCUT2D eigenvalue weighted by Gasteiger charge is -2.28. The molecule has 118 valence electrons. The van der Waals surface area contributed by atoms with Crippen molar-refractivity contribution in [1.82, 2.24) is 15.1 Å². The number of hydrogen-bond donors (Lipinski definition) is 1. The van der Waals surface area contributed by atoms with Crippen LogP contribution in [0.1, 0.15) is 51.6 Å². The van der Waals surface area contributed by atoms with Gasteiger partial charge in [0.2, 0.25) is 0 Å². The number of carbonyl (C=O) groups is 1. The summed E-state index contributed by atoms with van der Waals surface area (Å²) in [5, 5.41) is 7.74. The second-order valence-corrected chi connectivity index (χ2v) is 6.12. The highest BCUT2D eigenvalue weighted by Crippen LogP contribution is 2.26. The molecule has 1 N–H and O–H groups in total. The zero-order valence-electron chi connectivity index (χ0n) is 13.4. The molecule has 0 aliphatic heterocycles. The molecule has 1 atom stereocenters. The van der Waals surface area contributed by atoms with Gasteiger partial charge in [0.1, 0.15) is 5.54 Å². The Kier molecular flexibility index (Phi) is 5.39. The van der Waals surface area contributed by atoms with Crippen LogP contribution in [-0.2, 0) is 16.1 Å². The maximum atomic E-state index is 12.2. The maximum Gasteiger partial charge on any atom is 0.326 e. The number of esters is 1. The summed E-state index contributed by atoms with van der Waals surface area (Å²) in [6, 6.07) is 2.50. The van der Waals surface area contributed by atoms with Crippen LogP contribution in [0.2, 0.25) is 0 Å². The Labute approximate surface area is 127 Å². The lowest BCUT2D eigenvalue weighted by molar-refractivity contribution is -0.151. The van der Waals surface area contributed by atoms with Gasteiger partial charge < -0.3 is 4.74 Å². The van der Waals surface area contributed by atoms with Gasteiger partial charge in [0, 0.05) is 24.5 Å². The Morgan fingerprint density at radius 2 is 2.29 bits per heavy atom. The van der Waals surface area contributed by atoms with Crippen molar-refractivity contribution in [3.05, 3.63) is 18.0 Å². The molecule has 1 aliphatic rings. The number of ether oxygens (including phenoxy) is 1. The van der Waals surface area contributed by atoms with Crippen LogP contribution in [-0.4, -0.2) is 33.9 Å². The van der Waals surface area contributed by atoms with Crippen LogP contribution in [0, 0.1) is 6.92 Å². The fraction of sp³-hybridized carbons (Fsp3) is 0.750. The van der Waals surface area contributed by atoms with Gasteiger partial charge in [-0.25, -0.2) is 0 Å². The van der Waals surface area contributed by atoms with E-state index in [0.29, 0.717) is 12.6 Å². The normalized spacial score (nSPS) is 17.5. The molecule has 5 nitrogen and oxygen atoms in total. The van der Waals surface area contributed by atoms with E-state index in [4.69, 9.17) is 4.74 Å². The number of carbonyl (C=O) groups excluding carboxylic acids is 1. The summed E-state index contributed by atoms with van der Waals surface area (Å²) in [6.07, 6.45) is 6.97. The van der Waals surface area contributed by atoms with Crippen LogP contribution >= 0.6 is 0 Å². The Bertz CT molecular complexity index is 468. The van der Waals surface area contributed by atoms with Crippen LogP contribution in [0.15, 0.2) is 12.3 Å². The van der Waals surface area contributed by atoms with E-state index in [1.54, 1.807) is 0 Å². The van der Waals surface area contributed by atoms with Crippen molar-refractivity contribution >= 4 is 5.97 Å². The van der Waals surface area contributed by atoms with Gasteiger partial charge in [0.25, 0.3) is 0 Å². The number of aromatic nitrogens is 2. The zero-order valence-corrected chi connectivity index (χ0v) is 13.4. The van der Waals surface area contributed by atoms with E-state index >= 15 is 0 Å². The molecular formula is C16H27N3O2. The number of hydrogen-bond acceptors (Lipinski definition) is 4. The molecule has 1 saturated carbocycles. The van der Waals surface area contributed by atoms with Gasteiger partial charge in [0.15, 0.2) is 0 Å². The van der Waals surface area contributed by atoms with Gasteiger partial charge in [-0.15, -0.1) is 0 Å². The lowest BCUT2D eigenvalue weighted by atomic mass is 9.94. The molecule has 0 saturated heterocycles. The monoisotopic (exact) mass is 293 g/mol. The summed E-state index contributed by atoms with van der Waals surface area (Å²) < 4.78 is 7.25. The highest BCUT2D eigenvalue weighted by Gasteiger charge is 2.39. The first-order valence-electron chi connectivity index (χ1n) is 7.98. The van der Waals surface area contributed by atoms with E-state index < -0.39 is 5.54 Å². The van der Waals surface area contributed by atoms with Crippen LogP contribution in [0.25, 0.3) is 0 Å². The van der Waals surface area contributed by atoms with Crippen LogP contribution in [0.3, 0.4) is 0 Å². The fourth-order valence-electron chi connectivity index (χ4n) is 2.57. The van der Waals surface area contributed by atoms with Gasteiger partial charge in [-0.2, -0.15) is 5.10 Å². The Morgan fingerprint density at radius 3 is 2.86 bits per heavy atom. The Hall–Kier alpha value is -1.36. The highest BCUT2D eigenvalue weighted by molar-refractivity contribution is 5.80. The lowest BCUT2D eigenvalue weighted by Crippen LogP contribution is -2.51. The summed E-state index contributed by atoms with van der Waals surface area (Å²) in [5.41, 5.74) is 0.635. The first-order valence-corrected chi connectivity index (χ1v) is 7.98. The third-order valence-corrected chi connectivity index (χ3v) is 4.05. The van der Waals surface area contributed by atoms with Crippen LogP contribution in [0.4, 0.5) is 0 Å². The predicted octanol–water partition coefficient (Wildman–Crippen LogP) is 2.44. The van der Waals surface area contributed by atoms with E-state index in [9.17, 15) is 4.79 Å². The molecule has 1 aromatic rings. The Balaban J connectivity index is 1.80. The molecule has 1 aliphatic carbocycles. The number of rotatable bonds is 9. The molecule has 0 bridgehead atoms. The van der Waals surface area contributed by atoms with Crippen LogP contribution in [0.5, 0.6) is 0 Å². The highest BCUT2D eigenvalue weighted by atomic mass is 16.5. The molecule has 0 radical (unpaired) electrons. The Morgan fingerprint density at radius 1 is 1.52 bits per heavy atom. The van der Waals surface area contributed by atoms with Gasteiger partial charge in [-0.3, -0.25) is 14.8 Å². The average molecular weight is 293 g/mol. The quantitative estimate of drug-likeness (QED) is 0.561. The smallest absolute Gasteiger partial charge is 0.326 e. The van der Waals surface area contributed by atoms with Crippen molar-refractivity contribution < 1.29 is 9.53 Å². The van der Waals surface area contributed by atoms with E-state index in [0.717, 1.165) is 25.8 Å². The van der Waals surface area contributed by atoms with Crippen molar-refractivity contribution in [2.75, 3.05) is 6.61 Å². The van der Waals surface area contributed by atoms with Crippen molar-refractivity contribution in [2.24, 2.45) is 0 Å². The van der Waals surface area contributed by atoms with Crippen LogP contribution < -0.4 is 5.32 Å². The second-order valence-electron chi connectivity index (χ2n) is 6.12. The summed E-state index contributed by atoms with van der Waals surface area (Å²) in [5.74, 6) is -0.118. The van der Waals surface area contributed by atoms with E-state index in [2.05, 4.69) is 17.3 Å². The largest absolute Gasteiger partial charge is 0.465 e. The van der Waals surface area contributed by atoms with Crippen molar-refractivity contribution in [3.8, 4) is 0 Å². The van der Waals surface area contributed by atoms with E-state index in [1.165, 1.54) is 18.5 Å². The van der Waals surface area contributed by atoms with Gasteiger partial charge >= 0.3 is 5.97 Å². The topological polar surface area (TPSA) is 56.2 Å².